The van der Waals surface area contributed by atoms with Crippen LogP contribution >= 0.6 is 22.7 Å². The Balaban J connectivity index is 2.00. The number of ether oxygens (including phenoxy) is 1. The van der Waals surface area contributed by atoms with Gasteiger partial charge < -0.3 is 9.64 Å². The van der Waals surface area contributed by atoms with Crippen molar-refractivity contribution in [2.45, 2.75) is 59.4 Å². The van der Waals surface area contributed by atoms with Gasteiger partial charge in [0.25, 0.3) is 0 Å². The van der Waals surface area contributed by atoms with Crippen molar-refractivity contribution in [1.29, 1.82) is 0 Å². The third kappa shape index (κ3) is 4.33. The van der Waals surface area contributed by atoms with Gasteiger partial charge in [0.1, 0.15) is 4.88 Å². The van der Waals surface area contributed by atoms with Crippen molar-refractivity contribution in [3.8, 4) is 9.75 Å². The molecule has 3 rings (SSSR count). The first-order chi connectivity index (χ1) is 13.3. The van der Waals surface area contributed by atoms with Gasteiger partial charge >= 0.3 is 5.97 Å². The predicted octanol–water partition coefficient (Wildman–Crippen LogP) is 6.14. The van der Waals surface area contributed by atoms with E-state index in [1.54, 1.807) is 11.3 Å². The van der Waals surface area contributed by atoms with Crippen LogP contribution in [0.2, 0.25) is 0 Å². The second-order valence-electron chi connectivity index (χ2n) is 7.99. The second kappa shape index (κ2) is 8.78. The van der Waals surface area contributed by atoms with Gasteiger partial charge in [-0.15, -0.1) is 22.7 Å². The summed E-state index contributed by atoms with van der Waals surface area (Å²) in [5.41, 5.74) is 0.691. The SMILES string of the molecule is COC(=O)c1sc(-c2ccc(C)s2)cc1N(C(=O)C1CCC(C)CC1)C(C)C. The summed E-state index contributed by atoms with van der Waals surface area (Å²) < 4.78 is 5.04. The Morgan fingerprint density at radius 3 is 2.32 bits per heavy atom. The van der Waals surface area contributed by atoms with Crippen LogP contribution in [0.4, 0.5) is 5.69 Å². The fraction of sp³-hybridized carbons (Fsp3) is 0.545. The van der Waals surface area contributed by atoms with Gasteiger partial charge in [-0.3, -0.25) is 4.79 Å². The van der Waals surface area contributed by atoms with Crippen molar-refractivity contribution in [1.82, 2.24) is 0 Å². The fourth-order valence-electron chi connectivity index (χ4n) is 3.84. The van der Waals surface area contributed by atoms with Crippen molar-refractivity contribution in [2.75, 3.05) is 12.0 Å². The highest BCUT2D eigenvalue weighted by molar-refractivity contribution is 7.23. The minimum absolute atomic E-state index is 0.0252. The molecule has 1 saturated carbocycles. The van der Waals surface area contributed by atoms with Crippen molar-refractivity contribution in [2.24, 2.45) is 11.8 Å². The van der Waals surface area contributed by atoms with Gasteiger partial charge in [0.15, 0.2) is 0 Å². The molecule has 1 aliphatic rings. The lowest BCUT2D eigenvalue weighted by Crippen LogP contribution is -2.42. The molecule has 0 N–H and O–H groups in total. The zero-order valence-electron chi connectivity index (χ0n) is 17.3. The average Bonchev–Trinajstić information content (AvgIpc) is 3.28. The molecular formula is C22H29NO3S2. The summed E-state index contributed by atoms with van der Waals surface area (Å²) in [6, 6.07) is 6.11. The molecule has 4 nitrogen and oxygen atoms in total. The lowest BCUT2D eigenvalue weighted by Gasteiger charge is -2.33. The molecule has 0 atom stereocenters. The number of carbonyl (C=O) groups excluding carboxylic acids is 2. The molecule has 2 aromatic rings. The molecule has 0 spiro atoms. The second-order valence-corrected chi connectivity index (χ2v) is 10.3. The van der Waals surface area contributed by atoms with Crippen molar-refractivity contribution >= 4 is 40.2 Å². The zero-order chi connectivity index (χ0) is 20.4. The van der Waals surface area contributed by atoms with Gasteiger partial charge in [0, 0.05) is 26.6 Å². The quantitative estimate of drug-likeness (QED) is 0.547. The number of rotatable bonds is 5. The first-order valence-electron chi connectivity index (χ1n) is 9.93. The van der Waals surface area contributed by atoms with Crippen molar-refractivity contribution in [3.63, 3.8) is 0 Å². The molecule has 0 bridgehead atoms. The molecule has 0 aliphatic heterocycles. The molecule has 0 radical (unpaired) electrons. The van der Waals surface area contributed by atoms with E-state index in [-0.39, 0.29) is 23.8 Å². The third-order valence-corrected chi connectivity index (χ3v) is 7.75. The van der Waals surface area contributed by atoms with Gasteiger partial charge in [-0.25, -0.2) is 4.79 Å². The van der Waals surface area contributed by atoms with Crippen LogP contribution < -0.4 is 4.90 Å². The predicted molar refractivity (Wildman–Crippen MR) is 117 cm³/mol. The molecule has 2 aromatic heterocycles. The third-order valence-electron chi connectivity index (χ3n) is 5.44. The van der Waals surface area contributed by atoms with E-state index in [1.165, 1.54) is 23.3 Å². The first kappa shape index (κ1) is 21.1. The van der Waals surface area contributed by atoms with E-state index in [4.69, 9.17) is 4.74 Å². The summed E-state index contributed by atoms with van der Waals surface area (Å²) in [6.45, 7) is 8.34. The molecule has 0 aromatic carbocycles. The van der Waals surface area contributed by atoms with Crippen LogP contribution in [0.25, 0.3) is 9.75 Å². The van der Waals surface area contributed by atoms with Gasteiger partial charge in [0.05, 0.1) is 12.8 Å². The number of thiophene rings is 2. The number of hydrogen-bond donors (Lipinski definition) is 0. The molecular weight excluding hydrogens is 390 g/mol. The summed E-state index contributed by atoms with van der Waals surface area (Å²) in [4.78, 5) is 31.6. The number of aryl methyl sites for hydroxylation is 1. The minimum Gasteiger partial charge on any atom is -0.465 e. The Hall–Kier alpha value is -1.66. The van der Waals surface area contributed by atoms with Gasteiger partial charge in [-0.05, 0) is 70.6 Å². The van der Waals surface area contributed by atoms with Crippen LogP contribution in [-0.4, -0.2) is 25.0 Å². The summed E-state index contributed by atoms with van der Waals surface area (Å²) in [6.07, 6.45) is 4.04. The van der Waals surface area contributed by atoms with Crippen molar-refractivity contribution < 1.29 is 14.3 Å². The van der Waals surface area contributed by atoms with Crippen LogP contribution in [0, 0.1) is 18.8 Å². The van der Waals surface area contributed by atoms with E-state index in [2.05, 4.69) is 26.0 Å². The number of amides is 1. The highest BCUT2D eigenvalue weighted by Crippen LogP contribution is 2.42. The Kier molecular flexibility index (Phi) is 6.61. The normalized spacial score (nSPS) is 19.6. The maximum absolute atomic E-state index is 13.4. The van der Waals surface area contributed by atoms with Crippen LogP contribution in [0.15, 0.2) is 18.2 Å². The molecule has 1 amide bonds. The van der Waals surface area contributed by atoms with Gasteiger partial charge in [-0.1, -0.05) is 6.92 Å². The molecule has 1 aliphatic carbocycles. The van der Waals surface area contributed by atoms with E-state index in [1.807, 2.05) is 24.8 Å². The number of nitrogens with zero attached hydrogens (tertiary/aromatic N) is 1. The van der Waals surface area contributed by atoms with E-state index >= 15 is 0 Å². The zero-order valence-corrected chi connectivity index (χ0v) is 18.9. The standard InChI is InChI=1S/C22H29NO3S2/c1-13(2)23(21(24)16-9-6-14(3)7-10-16)17-12-19(18-11-8-15(4)27-18)28-20(17)22(25)26-5/h8,11-14,16H,6-7,9-10H2,1-5H3. The molecule has 0 unspecified atom stereocenters. The van der Waals surface area contributed by atoms with E-state index in [0.29, 0.717) is 16.5 Å². The smallest absolute Gasteiger partial charge is 0.350 e. The van der Waals surface area contributed by atoms with Gasteiger partial charge in [0.2, 0.25) is 5.91 Å². The van der Waals surface area contributed by atoms with E-state index in [0.717, 1.165) is 35.4 Å². The highest BCUT2D eigenvalue weighted by Gasteiger charge is 2.33. The molecule has 1 fully saturated rings. The van der Waals surface area contributed by atoms with Crippen LogP contribution in [0.3, 0.4) is 0 Å². The van der Waals surface area contributed by atoms with Crippen LogP contribution in [0.5, 0.6) is 0 Å². The Morgan fingerprint density at radius 1 is 1.11 bits per heavy atom. The largest absolute Gasteiger partial charge is 0.465 e. The summed E-state index contributed by atoms with van der Waals surface area (Å²) in [7, 11) is 1.39. The fourth-order valence-corrected chi connectivity index (χ4v) is 5.86. The summed E-state index contributed by atoms with van der Waals surface area (Å²) in [5.74, 6) is 0.488. The monoisotopic (exact) mass is 419 g/mol. The maximum atomic E-state index is 13.4. The number of hydrogen-bond acceptors (Lipinski definition) is 5. The average molecular weight is 420 g/mol. The van der Waals surface area contributed by atoms with Crippen LogP contribution in [-0.2, 0) is 9.53 Å². The van der Waals surface area contributed by atoms with Crippen molar-refractivity contribution in [3.05, 3.63) is 28.0 Å². The van der Waals surface area contributed by atoms with E-state index in [9.17, 15) is 9.59 Å². The molecule has 2 heterocycles. The summed E-state index contributed by atoms with van der Waals surface area (Å²) >= 11 is 3.10. The first-order valence-corrected chi connectivity index (χ1v) is 11.6. The number of anilines is 1. The number of carbonyl (C=O) groups is 2. The topological polar surface area (TPSA) is 46.6 Å². The Bertz CT molecular complexity index is 844. The molecule has 152 valence electrons. The lowest BCUT2D eigenvalue weighted by atomic mass is 9.82. The number of methoxy groups -OCH3 is 1. The molecule has 6 heteroatoms. The highest BCUT2D eigenvalue weighted by atomic mass is 32.1. The van der Waals surface area contributed by atoms with Crippen LogP contribution in [0.1, 0.15) is 61.0 Å². The summed E-state index contributed by atoms with van der Waals surface area (Å²) in [5, 5.41) is 0. The Morgan fingerprint density at radius 2 is 1.79 bits per heavy atom. The van der Waals surface area contributed by atoms with E-state index < -0.39 is 0 Å². The number of esters is 1. The maximum Gasteiger partial charge on any atom is 0.350 e. The molecule has 0 saturated heterocycles. The van der Waals surface area contributed by atoms with Gasteiger partial charge in [-0.2, -0.15) is 0 Å². The minimum atomic E-state index is -0.379. The lowest BCUT2D eigenvalue weighted by molar-refractivity contribution is -0.123. The Labute approximate surface area is 175 Å². The molecule has 28 heavy (non-hydrogen) atoms.